The van der Waals surface area contributed by atoms with E-state index in [1.165, 1.54) is 10.7 Å². The number of hydrogen-bond acceptors (Lipinski definition) is 5. The van der Waals surface area contributed by atoms with E-state index in [0.29, 0.717) is 28.8 Å². The summed E-state index contributed by atoms with van der Waals surface area (Å²) in [5, 5.41) is 4.90. The van der Waals surface area contributed by atoms with Crippen LogP contribution in [0.4, 0.5) is 8.78 Å². The summed E-state index contributed by atoms with van der Waals surface area (Å²) >= 11 is 0. The van der Waals surface area contributed by atoms with Crippen LogP contribution in [0.15, 0.2) is 18.5 Å². The summed E-state index contributed by atoms with van der Waals surface area (Å²) in [5.74, 6) is -0.507. The number of Topliss-reactive ketones (excluding diaryl/α,β-unsaturated/α-hetero) is 1. The van der Waals surface area contributed by atoms with Crippen molar-refractivity contribution in [2.75, 3.05) is 0 Å². The third kappa shape index (κ3) is 3.49. The zero-order valence-electron chi connectivity index (χ0n) is 18.4. The van der Waals surface area contributed by atoms with Gasteiger partial charge in [0.05, 0.1) is 23.5 Å². The van der Waals surface area contributed by atoms with Crippen molar-refractivity contribution < 1.29 is 13.6 Å². The van der Waals surface area contributed by atoms with Crippen LogP contribution >= 0.6 is 0 Å². The van der Waals surface area contributed by atoms with Gasteiger partial charge in [0.2, 0.25) is 0 Å². The zero-order chi connectivity index (χ0) is 22.5. The molecule has 3 heterocycles. The van der Waals surface area contributed by atoms with Crippen LogP contribution in [0.2, 0.25) is 0 Å². The molecule has 0 radical (unpaired) electrons. The molecule has 2 atom stereocenters. The normalized spacial score (nSPS) is 22.6. The molecule has 0 saturated heterocycles. The first kappa shape index (κ1) is 21.1. The number of carbonyl (C=O) groups excluding carboxylic acids is 1. The molecule has 2 saturated carbocycles. The van der Waals surface area contributed by atoms with Crippen LogP contribution in [-0.4, -0.2) is 30.5 Å². The van der Waals surface area contributed by atoms with E-state index in [0.717, 1.165) is 57.3 Å². The van der Waals surface area contributed by atoms with Crippen molar-refractivity contribution in [2.45, 2.75) is 58.3 Å². The van der Waals surface area contributed by atoms with Crippen molar-refractivity contribution in [3.63, 3.8) is 0 Å². The molecular formula is C24H27F2N5O. The zero-order valence-corrected chi connectivity index (χ0v) is 18.4. The van der Waals surface area contributed by atoms with Gasteiger partial charge in [0, 0.05) is 13.0 Å². The summed E-state index contributed by atoms with van der Waals surface area (Å²) in [6.45, 7) is 1.66. The molecule has 2 aliphatic carbocycles. The SMILES string of the molecule is CC(=O)[C@@H]1CCCC2(CCCC2)[C@@H]1Cc1nc(-c2nn(C)c3ncc(F)cc23)ncc1F. The topological polar surface area (TPSA) is 73.6 Å². The first-order chi connectivity index (χ1) is 15.4. The molecule has 0 aromatic carbocycles. The van der Waals surface area contributed by atoms with Gasteiger partial charge in [-0.3, -0.25) is 4.79 Å². The number of rotatable bonds is 4. The van der Waals surface area contributed by atoms with Crippen LogP contribution in [0.3, 0.4) is 0 Å². The number of ketones is 1. The van der Waals surface area contributed by atoms with Crippen molar-refractivity contribution in [2.24, 2.45) is 24.3 Å². The minimum absolute atomic E-state index is 0.0614. The second-order valence-electron chi connectivity index (χ2n) is 9.47. The van der Waals surface area contributed by atoms with Crippen molar-refractivity contribution >= 4 is 16.8 Å². The number of fused-ring (bicyclic) bond motifs is 1. The number of aromatic nitrogens is 5. The van der Waals surface area contributed by atoms with Gasteiger partial charge in [0.15, 0.2) is 17.3 Å². The number of pyridine rings is 1. The summed E-state index contributed by atoms with van der Waals surface area (Å²) in [6, 6.07) is 1.34. The molecule has 2 aliphatic rings. The van der Waals surface area contributed by atoms with Crippen LogP contribution in [0.25, 0.3) is 22.6 Å². The molecule has 0 aliphatic heterocycles. The second kappa shape index (κ2) is 7.98. The molecule has 32 heavy (non-hydrogen) atoms. The Hall–Kier alpha value is -2.77. The largest absolute Gasteiger partial charge is 0.300 e. The third-order valence-corrected chi connectivity index (χ3v) is 7.67. The highest BCUT2D eigenvalue weighted by molar-refractivity contribution is 5.89. The minimum atomic E-state index is -0.483. The maximum atomic E-state index is 14.9. The monoisotopic (exact) mass is 439 g/mol. The fourth-order valence-corrected chi connectivity index (χ4v) is 6.18. The van der Waals surface area contributed by atoms with Crippen LogP contribution in [0.1, 0.15) is 57.6 Å². The van der Waals surface area contributed by atoms with E-state index in [1.54, 1.807) is 14.0 Å². The van der Waals surface area contributed by atoms with Crippen LogP contribution < -0.4 is 0 Å². The minimum Gasteiger partial charge on any atom is -0.300 e. The van der Waals surface area contributed by atoms with Crippen molar-refractivity contribution in [3.05, 3.63) is 35.8 Å². The summed E-state index contributed by atoms with van der Waals surface area (Å²) in [4.78, 5) is 25.3. The van der Waals surface area contributed by atoms with Crippen LogP contribution in [-0.2, 0) is 18.3 Å². The summed E-state index contributed by atoms with van der Waals surface area (Å²) < 4.78 is 30.3. The Morgan fingerprint density at radius 2 is 1.91 bits per heavy atom. The average molecular weight is 440 g/mol. The number of aryl methyl sites for hydroxylation is 1. The number of carbonyl (C=O) groups is 1. The summed E-state index contributed by atoms with van der Waals surface area (Å²) in [7, 11) is 1.71. The first-order valence-corrected chi connectivity index (χ1v) is 11.4. The van der Waals surface area contributed by atoms with Crippen molar-refractivity contribution in [1.82, 2.24) is 24.7 Å². The summed E-state index contributed by atoms with van der Waals surface area (Å²) in [6.07, 6.45) is 10.2. The van der Waals surface area contributed by atoms with Crippen LogP contribution in [0, 0.1) is 28.9 Å². The van der Waals surface area contributed by atoms with Gasteiger partial charge in [-0.05, 0) is 56.4 Å². The fourth-order valence-electron chi connectivity index (χ4n) is 6.18. The fraction of sp³-hybridized carbons (Fsp3) is 0.542. The molecule has 168 valence electrons. The highest BCUT2D eigenvalue weighted by Gasteiger charge is 2.48. The van der Waals surface area contributed by atoms with Gasteiger partial charge in [0.25, 0.3) is 0 Å². The van der Waals surface area contributed by atoms with Gasteiger partial charge < -0.3 is 0 Å². The van der Waals surface area contributed by atoms with E-state index < -0.39 is 11.6 Å². The third-order valence-electron chi connectivity index (χ3n) is 7.67. The number of nitrogens with zero attached hydrogens (tertiary/aromatic N) is 5. The Labute approximate surface area is 185 Å². The molecule has 1 spiro atoms. The molecule has 6 nitrogen and oxygen atoms in total. The predicted octanol–water partition coefficient (Wildman–Crippen LogP) is 4.81. The van der Waals surface area contributed by atoms with E-state index in [9.17, 15) is 13.6 Å². The van der Waals surface area contributed by atoms with E-state index >= 15 is 0 Å². The van der Waals surface area contributed by atoms with Gasteiger partial charge in [-0.25, -0.2) is 28.4 Å². The predicted molar refractivity (Wildman–Crippen MR) is 116 cm³/mol. The summed E-state index contributed by atoms with van der Waals surface area (Å²) in [5.41, 5.74) is 1.28. The second-order valence-corrected chi connectivity index (χ2v) is 9.47. The van der Waals surface area contributed by atoms with Gasteiger partial charge in [-0.2, -0.15) is 5.10 Å². The molecule has 0 bridgehead atoms. The van der Waals surface area contributed by atoms with Crippen molar-refractivity contribution in [1.29, 1.82) is 0 Å². The van der Waals surface area contributed by atoms with Crippen LogP contribution in [0.5, 0.6) is 0 Å². The maximum Gasteiger partial charge on any atom is 0.181 e. The van der Waals surface area contributed by atoms with Gasteiger partial charge >= 0.3 is 0 Å². The Bertz CT molecular complexity index is 1180. The molecule has 8 heteroatoms. The molecule has 5 rings (SSSR count). The maximum absolute atomic E-state index is 14.9. The van der Waals surface area contributed by atoms with Crippen molar-refractivity contribution in [3.8, 4) is 11.5 Å². The molecule has 0 unspecified atom stereocenters. The standard InChI is InChI=1S/C24H27F2N5O/c1-14(32)16-6-5-9-24(7-3-4-8-24)18(16)11-20-19(26)13-27-22(29-20)21-17-10-15(25)12-28-23(17)31(2)30-21/h10,12-13,16,18H,3-9,11H2,1-2H3/t16-,18+/m0/s1. The average Bonchev–Trinajstić information content (AvgIpc) is 3.36. The van der Waals surface area contributed by atoms with E-state index in [-0.39, 0.29) is 28.9 Å². The molecule has 3 aromatic rings. The van der Waals surface area contributed by atoms with Gasteiger partial charge in [0.1, 0.15) is 17.3 Å². The Kier molecular flexibility index (Phi) is 5.26. The Balaban J connectivity index is 1.56. The van der Waals surface area contributed by atoms with E-state index in [2.05, 4.69) is 20.1 Å². The number of hydrogen-bond donors (Lipinski definition) is 0. The van der Waals surface area contributed by atoms with E-state index in [1.807, 2.05) is 0 Å². The lowest BCUT2D eigenvalue weighted by Crippen LogP contribution is -2.41. The molecule has 0 amide bonds. The molecule has 3 aromatic heterocycles. The first-order valence-electron chi connectivity index (χ1n) is 11.4. The molecule has 2 fully saturated rings. The quantitative estimate of drug-likeness (QED) is 0.583. The Morgan fingerprint density at radius 1 is 1.16 bits per heavy atom. The Morgan fingerprint density at radius 3 is 2.66 bits per heavy atom. The van der Waals surface area contributed by atoms with Gasteiger partial charge in [-0.1, -0.05) is 19.3 Å². The highest BCUT2D eigenvalue weighted by atomic mass is 19.1. The van der Waals surface area contributed by atoms with E-state index in [4.69, 9.17) is 0 Å². The highest BCUT2D eigenvalue weighted by Crippen LogP contribution is 2.55. The lowest BCUT2D eigenvalue weighted by molar-refractivity contribution is -0.126. The van der Waals surface area contributed by atoms with Gasteiger partial charge in [-0.15, -0.1) is 0 Å². The number of halogens is 2. The lowest BCUT2D eigenvalue weighted by atomic mass is 9.58. The molecule has 0 N–H and O–H groups in total. The molecular weight excluding hydrogens is 412 g/mol. The smallest absolute Gasteiger partial charge is 0.181 e. The lowest BCUT2D eigenvalue weighted by Gasteiger charge is -2.45.